The molecule has 1 aliphatic rings. The third kappa shape index (κ3) is 3.54. The van der Waals surface area contributed by atoms with Crippen LogP contribution < -0.4 is 5.32 Å². The number of rotatable bonds is 4. The summed E-state index contributed by atoms with van der Waals surface area (Å²) in [5.74, 6) is 0.731. The summed E-state index contributed by atoms with van der Waals surface area (Å²) in [5.41, 5.74) is 1.20. The molecule has 1 aliphatic heterocycles. The summed E-state index contributed by atoms with van der Waals surface area (Å²) in [6.07, 6.45) is 1.21. The minimum absolute atomic E-state index is 0.731. The highest BCUT2D eigenvalue weighted by Gasteiger charge is 2.14. The van der Waals surface area contributed by atoms with E-state index in [9.17, 15) is 0 Å². The largest absolute Gasteiger partial charge is 0.381 e. The predicted molar refractivity (Wildman–Crippen MR) is 46.6 cm³/mol. The van der Waals surface area contributed by atoms with Gasteiger partial charge in [0.2, 0.25) is 0 Å². The van der Waals surface area contributed by atoms with Crippen LogP contribution in [0.25, 0.3) is 0 Å². The highest BCUT2D eigenvalue weighted by molar-refractivity contribution is 4.90. The average molecular weight is 155 g/mol. The second-order valence-corrected chi connectivity index (χ2v) is 3.32. The molecule has 0 aromatic carbocycles. The van der Waals surface area contributed by atoms with Crippen LogP contribution in [-0.2, 0) is 4.74 Å². The van der Waals surface area contributed by atoms with Crippen LogP contribution in [0, 0.1) is 5.92 Å². The van der Waals surface area contributed by atoms with E-state index in [1.807, 2.05) is 6.92 Å². The van der Waals surface area contributed by atoms with E-state index in [4.69, 9.17) is 4.74 Å². The van der Waals surface area contributed by atoms with Gasteiger partial charge >= 0.3 is 0 Å². The number of hydrogen-bond acceptors (Lipinski definition) is 2. The highest BCUT2D eigenvalue weighted by atomic mass is 16.5. The molecule has 0 radical (unpaired) electrons. The molecule has 0 aromatic rings. The lowest BCUT2D eigenvalue weighted by molar-refractivity contribution is 0.185. The molecule has 0 spiro atoms. The molecule has 1 unspecified atom stereocenters. The Morgan fingerprint density at radius 1 is 1.73 bits per heavy atom. The van der Waals surface area contributed by atoms with Crippen molar-refractivity contribution >= 4 is 0 Å². The van der Waals surface area contributed by atoms with E-state index in [0.717, 1.165) is 32.2 Å². The van der Waals surface area contributed by atoms with Gasteiger partial charge in [0.25, 0.3) is 0 Å². The summed E-state index contributed by atoms with van der Waals surface area (Å²) in [4.78, 5) is 0. The SMILES string of the molecule is C=C(C)CNCC1CCOC1. The molecule has 2 nitrogen and oxygen atoms in total. The monoisotopic (exact) mass is 155 g/mol. The minimum Gasteiger partial charge on any atom is -0.381 e. The van der Waals surface area contributed by atoms with Crippen molar-refractivity contribution < 1.29 is 4.74 Å². The van der Waals surface area contributed by atoms with Crippen LogP contribution in [0.2, 0.25) is 0 Å². The second-order valence-electron chi connectivity index (χ2n) is 3.32. The van der Waals surface area contributed by atoms with Crippen molar-refractivity contribution in [3.05, 3.63) is 12.2 Å². The standard InChI is InChI=1S/C9H17NO/c1-8(2)5-10-6-9-3-4-11-7-9/h9-10H,1,3-7H2,2H3. The topological polar surface area (TPSA) is 21.3 Å². The maximum absolute atomic E-state index is 5.25. The summed E-state index contributed by atoms with van der Waals surface area (Å²) < 4.78 is 5.25. The van der Waals surface area contributed by atoms with Crippen molar-refractivity contribution in [2.24, 2.45) is 5.92 Å². The van der Waals surface area contributed by atoms with Crippen molar-refractivity contribution in [1.29, 1.82) is 0 Å². The zero-order chi connectivity index (χ0) is 8.10. The first-order valence-corrected chi connectivity index (χ1v) is 4.22. The van der Waals surface area contributed by atoms with Crippen LogP contribution in [0.15, 0.2) is 12.2 Å². The van der Waals surface area contributed by atoms with Crippen LogP contribution in [0.5, 0.6) is 0 Å². The van der Waals surface area contributed by atoms with E-state index in [2.05, 4.69) is 11.9 Å². The number of nitrogens with one attached hydrogen (secondary N) is 1. The van der Waals surface area contributed by atoms with Gasteiger partial charge in [-0.2, -0.15) is 0 Å². The number of ether oxygens (including phenoxy) is 1. The Morgan fingerprint density at radius 3 is 3.09 bits per heavy atom. The van der Waals surface area contributed by atoms with E-state index in [1.165, 1.54) is 12.0 Å². The van der Waals surface area contributed by atoms with E-state index in [0.29, 0.717) is 0 Å². The van der Waals surface area contributed by atoms with Crippen molar-refractivity contribution in [3.8, 4) is 0 Å². The second kappa shape index (κ2) is 4.52. The van der Waals surface area contributed by atoms with Gasteiger partial charge in [-0.05, 0) is 19.3 Å². The Labute approximate surface area is 68.6 Å². The molecule has 1 fully saturated rings. The third-order valence-corrected chi connectivity index (χ3v) is 1.88. The molecule has 0 amide bonds. The lowest BCUT2D eigenvalue weighted by atomic mass is 10.1. The molecule has 0 saturated carbocycles. The van der Waals surface area contributed by atoms with E-state index in [-0.39, 0.29) is 0 Å². The molecule has 1 rings (SSSR count). The lowest BCUT2D eigenvalue weighted by Crippen LogP contribution is -2.24. The van der Waals surface area contributed by atoms with E-state index >= 15 is 0 Å². The molecule has 0 aromatic heterocycles. The zero-order valence-corrected chi connectivity index (χ0v) is 7.23. The van der Waals surface area contributed by atoms with Crippen LogP contribution in [0.1, 0.15) is 13.3 Å². The minimum atomic E-state index is 0.731. The first-order chi connectivity index (χ1) is 5.29. The first-order valence-electron chi connectivity index (χ1n) is 4.22. The Kier molecular flexibility index (Phi) is 3.60. The van der Waals surface area contributed by atoms with Crippen LogP contribution in [0.4, 0.5) is 0 Å². The van der Waals surface area contributed by atoms with Crippen LogP contribution >= 0.6 is 0 Å². The van der Waals surface area contributed by atoms with E-state index < -0.39 is 0 Å². The fraction of sp³-hybridized carbons (Fsp3) is 0.778. The van der Waals surface area contributed by atoms with Crippen molar-refractivity contribution in [1.82, 2.24) is 5.32 Å². The highest BCUT2D eigenvalue weighted by Crippen LogP contribution is 2.10. The van der Waals surface area contributed by atoms with Crippen LogP contribution in [-0.4, -0.2) is 26.3 Å². The predicted octanol–water partition coefficient (Wildman–Crippen LogP) is 1.19. The summed E-state index contributed by atoms with van der Waals surface area (Å²) in [6.45, 7) is 9.76. The molecule has 1 heterocycles. The molecule has 0 aliphatic carbocycles. The number of hydrogen-bond donors (Lipinski definition) is 1. The molecule has 11 heavy (non-hydrogen) atoms. The fourth-order valence-electron chi connectivity index (χ4n) is 1.23. The Hall–Kier alpha value is -0.340. The molecule has 0 bridgehead atoms. The van der Waals surface area contributed by atoms with Crippen molar-refractivity contribution in [3.63, 3.8) is 0 Å². The first kappa shape index (κ1) is 8.75. The average Bonchev–Trinajstić information content (AvgIpc) is 2.39. The quantitative estimate of drug-likeness (QED) is 0.616. The van der Waals surface area contributed by atoms with Gasteiger partial charge in [-0.1, -0.05) is 12.2 Å². The molecule has 2 heteroatoms. The molecule has 1 atom stereocenters. The zero-order valence-electron chi connectivity index (χ0n) is 7.23. The van der Waals surface area contributed by atoms with Gasteiger partial charge in [0.15, 0.2) is 0 Å². The molecular weight excluding hydrogens is 138 g/mol. The summed E-state index contributed by atoms with van der Waals surface area (Å²) in [5, 5.41) is 3.35. The van der Waals surface area contributed by atoms with Gasteiger partial charge in [-0.3, -0.25) is 0 Å². The Morgan fingerprint density at radius 2 is 2.55 bits per heavy atom. The summed E-state index contributed by atoms with van der Waals surface area (Å²) in [6, 6.07) is 0. The van der Waals surface area contributed by atoms with E-state index in [1.54, 1.807) is 0 Å². The molecule has 64 valence electrons. The molecule has 1 saturated heterocycles. The van der Waals surface area contributed by atoms with Gasteiger partial charge in [0, 0.05) is 19.7 Å². The Balaban J connectivity index is 1.98. The van der Waals surface area contributed by atoms with Gasteiger partial charge < -0.3 is 10.1 Å². The fourth-order valence-corrected chi connectivity index (χ4v) is 1.23. The van der Waals surface area contributed by atoms with Crippen molar-refractivity contribution in [2.75, 3.05) is 26.3 Å². The molecular formula is C9H17NO. The van der Waals surface area contributed by atoms with Crippen molar-refractivity contribution in [2.45, 2.75) is 13.3 Å². The van der Waals surface area contributed by atoms with Crippen LogP contribution in [0.3, 0.4) is 0 Å². The summed E-state index contributed by atoms with van der Waals surface area (Å²) in [7, 11) is 0. The normalized spacial score (nSPS) is 23.9. The Bertz CT molecular complexity index is 128. The smallest absolute Gasteiger partial charge is 0.0507 e. The maximum atomic E-state index is 5.25. The van der Waals surface area contributed by atoms with Gasteiger partial charge in [-0.25, -0.2) is 0 Å². The molecule has 1 N–H and O–H groups in total. The van der Waals surface area contributed by atoms with Gasteiger partial charge in [-0.15, -0.1) is 0 Å². The maximum Gasteiger partial charge on any atom is 0.0507 e. The third-order valence-electron chi connectivity index (χ3n) is 1.88. The van der Waals surface area contributed by atoms with Gasteiger partial charge in [0.1, 0.15) is 0 Å². The summed E-state index contributed by atoms with van der Waals surface area (Å²) >= 11 is 0. The van der Waals surface area contributed by atoms with Gasteiger partial charge in [0.05, 0.1) is 6.61 Å². The lowest BCUT2D eigenvalue weighted by Gasteiger charge is -2.08.